The van der Waals surface area contributed by atoms with Gasteiger partial charge in [0, 0.05) is 5.54 Å². The normalized spacial score (nSPS) is 27.4. The molecule has 1 aliphatic rings. The van der Waals surface area contributed by atoms with Crippen molar-refractivity contribution in [2.24, 2.45) is 0 Å². The molecule has 14 heavy (non-hydrogen) atoms. The first-order valence-electron chi connectivity index (χ1n) is 5.05. The summed E-state index contributed by atoms with van der Waals surface area (Å²) in [4.78, 5) is 11.3. The molecule has 1 fully saturated rings. The summed E-state index contributed by atoms with van der Waals surface area (Å²) in [6.07, 6.45) is 1.17. The van der Waals surface area contributed by atoms with Crippen LogP contribution in [0.5, 0.6) is 0 Å². The Morgan fingerprint density at radius 2 is 2.07 bits per heavy atom. The molecule has 4 nitrogen and oxygen atoms in total. The van der Waals surface area contributed by atoms with Crippen LogP contribution >= 0.6 is 0 Å². The lowest BCUT2D eigenvalue weighted by Gasteiger charge is -2.23. The van der Waals surface area contributed by atoms with Crippen molar-refractivity contribution in [2.75, 3.05) is 0 Å². The largest absolute Gasteiger partial charge is 0.443 e. The number of rotatable bonds is 1. The highest BCUT2D eigenvalue weighted by atomic mass is 16.6. The van der Waals surface area contributed by atoms with Gasteiger partial charge in [-0.05, 0) is 40.0 Å². The van der Waals surface area contributed by atoms with Crippen LogP contribution in [0.15, 0.2) is 0 Å². The van der Waals surface area contributed by atoms with Gasteiger partial charge in [-0.15, -0.1) is 0 Å². The van der Waals surface area contributed by atoms with Crippen LogP contribution in [0.2, 0.25) is 0 Å². The molecule has 4 heteroatoms. The summed E-state index contributed by atoms with van der Waals surface area (Å²) in [5.41, 5.74) is -0.291. The second-order valence-electron chi connectivity index (χ2n) is 4.82. The van der Waals surface area contributed by atoms with Gasteiger partial charge in [0.1, 0.15) is 6.10 Å². The molecule has 0 aromatic rings. The van der Waals surface area contributed by atoms with Crippen molar-refractivity contribution in [2.45, 2.75) is 57.8 Å². The van der Waals surface area contributed by atoms with Crippen LogP contribution in [-0.4, -0.2) is 28.9 Å². The van der Waals surface area contributed by atoms with E-state index < -0.39 is 12.2 Å². The second kappa shape index (κ2) is 4.17. The molecule has 1 saturated carbocycles. The van der Waals surface area contributed by atoms with Gasteiger partial charge in [-0.1, -0.05) is 0 Å². The maximum absolute atomic E-state index is 11.3. The molecule has 1 amide bonds. The molecule has 0 saturated heterocycles. The number of carbonyl (C=O) groups excluding carboxylic acids is 1. The van der Waals surface area contributed by atoms with Gasteiger partial charge in [-0.25, -0.2) is 4.79 Å². The maximum atomic E-state index is 11.3. The van der Waals surface area contributed by atoms with Crippen LogP contribution < -0.4 is 5.32 Å². The maximum Gasteiger partial charge on any atom is 0.407 e. The molecule has 0 spiro atoms. The zero-order chi connectivity index (χ0) is 10.8. The molecule has 2 atom stereocenters. The van der Waals surface area contributed by atoms with E-state index in [1.807, 2.05) is 20.8 Å². The van der Waals surface area contributed by atoms with E-state index in [0.29, 0.717) is 0 Å². The molecule has 82 valence electrons. The first-order valence-corrected chi connectivity index (χ1v) is 5.05. The Bertz CT molecular complexity index is 210. The highest BCUT2D eigenvalue weighted by molar-refractivity contribution is 5.68. The lowest BCUT2D eigenvalue weighted by molar-refractivity contribution is 0.0197. The number of hydrogen-bond acceptors (Lipinski definition) is 3. The van der Waals surface area contributed by atoms with Crippen LogP contribution in [0.3, 0.4) is 0 Å². The molecule has 0 heterocycles. The summed E-state index contributed by atoms with van der Waals surface area (Å²) < 4.78 is 5.10. The number of nitrogens with one attached hydrogen (secondary N) is 1. The molecule has 1 aliphatic carbocycles. The highest BCUT2D eigenvalue weighted by Gasteiger charge is 2.29. The molecule has 0 radical (unpaired) electrons. The Labute approximate surface area is 84.6 Å². The van der Waals surface area contributed by atoms with Gasteiger partial charge in [-0.3, -0.25) is 0 Å². The number of alkyl carbamates (subject to hydrolysis) is 1. The molecular weight excluding hydrogens is 182 g/mol. The van der Waals surface area contributed by atoms with Crippen LogP contribution in [0.1, 0.15) is 40.0 Å². The Balaban J connectivity index is 2.33. The van der Waals surface area contributed by atoms with Crippen molar-refractivity contribution >= 4 is 6.09 Å². The van der Waals surface area contributed by atoms with E-state index in [2.05, 4.69) is 5.32 Å². The standard InChI is InChI=1S/C10H19NO3/c1-10(2,3)11-9(13)14-8-6-4-5-7(8)12/h7-8,12H,4-6H2,1-3H3,(H,11,13). The summed E-state index contributed by atoms with van der Waals surface area (Å²) in [7, 11) is 0. The van der Waals surface area contributed by atoms with E-state index in [1.54, 1.807) is 0 Å². The van der Waals surface area contributed by atoms with Crippen LogP contribution in [-0.2, 0) is 4.74 Å². The molecule has 0 bridgehead atoms. The molecule has 2 N–H and O–H groups in total. The molecule has 0 aromatic carbocycles. The molecule has 1 rings (SSSR count). The SMILES string of the molecule is CC(C)(C)NC(=O)OC1CCCC1O. The van der Waals surface area contributed by atoms with Gasteiger partial charge in [0.25, 0.3) is 0 Å². The van der Waals surface area contributed by atoms with Crippen molar-refractivity contribution in [1.29, 1.82) is 0 Å². The summed E-state index contributed by atoms with van der Waals surface area (Å²) >= 11 is 0. The van der Waals surface area contributed by atoms with Crippen LogP contribution in [0, 0.1) is 0 Å². The molecule has 2 unspecified atom stereocenters. The van der Waals surface area contributed by atoms with Crippen molar-refractivity contribution in [3.63, 3.8) is 0 Å². The van der Waals surface area contributed by atoms with Gasteiger partial charge >= 0.3 is 6.09 Å². The number of aliphatic hydroxyl groups excluding tert-OH is 1. The lowest BCUT2D eigenvalue weighted by Crippen LogP contribution is -2.43. The zero-order valence-corrected chi connectivity index (χ0v) is 9.04. The second-order valence-corrected chi connectivity index (χ2v) is 4.82. The predicted molar refractivity (Wildman–Crippen MR) is 53.0 cm³/mol. The Kier molecular flexibility index (Phi) is 3.37. The quantitative estimate of drug-likeness (QED) is 0.674. The minimum Gasteiger partial charge on any atom is -0.443 e. The summed E-state index contributed by atoms with van der Waals surface area (Å²) in [5, 5.41) is 12.1. The third kappa shape index (κ3) is 3.54. The first kappa shape index (κ1) is 11.3. The minimum atomic E-state index is -0.485. The van der Waals surface area contributed by atoms with Gasteiger partial charge in [0.2, 0.25) is 0 Å². The van der Waals surface area contributed by atoms with E-state index >= 15 is 0 Å². The third-order valence-corrected chi connectivity index (χ3v) is 2.15. The van der Waals surface area contributed by atoms with Crippen LogP contribution in [0.4, 0.5) is 4.79 Å². The minimum absolute atomic E-state index is 0.291. The van der Waals surface area contributed by atoms with E-state index in [4.69, 9.17) is 4.74 Å². The van der Waals surface area contributed by atoms with Gasteiger partial charge in [0.05, 0.1) is 6.10 Å². The Morgan fingerprint density at radius 3 is 2.50 bits per heavy atom. The zero-order valence-electron chi connectivity index (χ0n) is 9.04. The molecule has 0 aromatic heterocycles. The summed E-state index contributed by atoms with van der Waals surface area (Å²) in [6, 6.07) is 0. The van der Waals surface area contributed by atoms with Crippen molar-refractivity contribution in [3.05, 3.63) is 0 Å². The average molecular weight is 201 g/mol. The number of ether oxygens (including phenoxy) is 1. The number of carbonyl (C=O) groups is 1. The number of amides is 1. The summed E-state index contributed by atoms with van der Waals surface area (Å²) in [5.74, 6) is 0. The monoisotopic (exact) mass is 201 g/mol. The number of aliphatic hydroxyl groups is 1. The molecule has 0 aliphatic heterocycles. The first-order chi connectivity index (χ1) is 6.38. The fourth-order valence-corrected chi connectivity index (χ4v) is 1.52. The Morgan fingerprint density at radius 1 is 1.43 bits per heavy atom. The number of hydrogen-bond donors (Lipinski definition) is 2. The average Bonchev–Trinajstić information content (AvgIpc) is 2.32. The smallest absolute Gasteiger partial charge is 0.407 e. The third-order valence-electron chi connectivity index (χ3n) is 2.15. The van der Waals surface area contributed by atoms with Crippen LogP contribution in [0.25, 0.3) is 0 Å². The van der Waals surface area contributed by atoms with E-state index in [-0.39, 0.29) is 11.6 Å². The summed E-state index contributed by atoms with van der Waals surface area (Å²) in [6.45, 7) is 5.66. The Hall–Kier alpha value is -0.770. The van der Waals surface area contributed by atoms with E-state index in [1.165, 1.54) is 0 Å². The van der Waals surface area contributed by atoms with Gasteiger partial charge in [-0.2, -0.15) is 0 Å². The lowest BCUT2D eigenvalue weighted by atomic mass is 10.1. The van der Waals surface area contributed by atoms with Crippen molar-refractivity contribution < 1.29 is 14.6 Å². The fraction of sp³-hybridized carbons (Fsp3) is 0.900. The van der Waals surface area contributed by atoms with Gasteiger partial charge < -0.3 is 15.2 Å². The van der Waals surface area contributed by atoms with Gasteiger partial charge in [0.15, 0.2) is 0 Å². The highest BCUT2D eigenvalue weighted by Crippen LogP contribution is 2.22. The van der Waals surface area contributed by atoms with Crippen molar-refractivity contribution in [1.82, 2.24) is 5.32 Å². The topological polar surface area (TPSA) is 58.6 Å². The van der Waals surface area contributed by atoms with E-state index in [9.17, 15) is 9.90 Å². The van der Waals surface area contributed by atoms with Crippen molar-refractivity contribution in [3.8, 4) is 0 Å². The molecular formula is C10H19NO3. The van der Waals surface area contributed by atoms with E-state index in [0.717, 1.165) is 19.3 Å². The fourth-order valence-electron chi connectivity index (χ4n) is 1.52. The predicted octanol–water partition coefficient (Wildman–Crippen LogP) is 1.42.